The lowest BCUT2D eigenvalue weighted by Crippen LogP contribution is -2.19. The Bertz CT molecular complexity index is 571. The summed E-state index contributed by atoms with van der Waals surface area (Å²) in [4.78, 5) is 7.16. The molecule has 1 fully saturated rings. The van der Waals surface area contributed by atoms with Gasteiger partial charge in [0, 0.05) is 25.0 Å². The van der Waals surface area contributed by atoms with Gasteiger partial charge in [-0.25, -0.2) is 4.98 Å². The van der Waals surface area contributed by atoms with E-state index in [4.69, 9.17) is 10.7 Å². The number of aromatic nitrogens is 1. The molecule has 3 nitrogen and oxygen atoms in total. The fourth-order valence-electron chi connectivity index (χ4n) is 2.66. The van der Waals surface area contributed by atoms with Gasteiger partial charge in [0.05, 0.1) is 5.52 Å². The lowest BCUT2D eigenvalue weighted by atomic mass is 10.1. The van der Waals surface area contributed by atoms with Crippen LogP contribution in [-0.2, 0) is 6.54 Å². The van der Waals surface area contributed by atoms with Crippen LogP contribution in [0.25, 0.3) is 10.9 Å². The second kappa shape index (κ2) is 4.58. The van der Waals surface area contributed by atoms with Crippen molar-refractivity contribution in [2.45, 2.75) is 26.3 Å². The molecule has 0 radical (unpaired) electrons. The molecule has 1 aliphatic rings. The maximum absolute atomic E-state index is 5.69. The summed E-state index contributed by atoms with van der Waals surface area (Å²) in [7, 11) is 0. The van der Waals surface area contributed by atoms with Crippen LogP contribution in [0.3, 0.4) is 0 Å². The molecule has 2 N–H and O–H groups in total. The second-order valence-electron chi connectivity index (χ2n) is 5.05. The van der Waals surface area contributed by atoms with Gasteiger partial charge in [0.1, 0.15) is 5.82 Å². The minimum Gasteiger partial charge on any atom is -0.357 e. The van der Waals surface area contributed by atoms with Crippen LogP contribution in [0.15, 0.2) is 24.3 Å². The highest BCUT2D eigenvalue weighted by atomic mass is 15.2. The Morgan fingerprint density at radius 1 is 1.22 bits per heavy atom. The average molecular weight is 241 g/mol. The average Bonchev–Trinajstić information content (AvgIpc) is 2.92. The Balaban J connectivity index is 2.09. The monoisotopic (exact) mass is 241 g/mol. The fourth-order valence-corrected chi connectivity index (χ4v) is 2.66. The molecule has 0 atom stereocenters. The Morgan fingerprint density at radius 2 is 2.00 bits per heavy atom. The van der Waals surface area contributed by atoms with E-state index < -0.39 is 0 Å². The molecular weight excluding hydrogens is 222 g/mol. The van der Waals surface area contributed by atoms with E-state index in [1.54, 1.807) is 0 Å². The van der Waals surface area contributed by atoms with Crippen LogP contribution in [0.2, 0.25) is 0 Å². The van der Waals surface area contributed by atoms with Crippen LogP contribution >= 0.6 is 0 Å². The maximum Gasteiger partial charge on any atom is 0.129 e. The first-order chi connectivity index (χ1) is 8.78. The van der Waals surface area contributed by atoms with Crippen LogP contribution in [0.4, 0.5) is 5.82 Å². The molecule has 2 aromatic rings. The third-order valence-corrected chi connectivity index (χ3v) is 3.73. The molecule has 3 heteroatoms. The number of benzene rings is 1. The van der Waals surface area contributed by atoms with Crippen molar-refractivity contribution in [3.8, 4) is 0 Å². The SMILES string of the molecule is Cc1cc(N2CCCC2)nc2ccc(CN)cc12. The first-order valence-corrected chi connectivity index (χ1v) is 6.63. The zero-order chi connectivity index (χ0) is 12.5. The summed E-state index contributed by atoms with van der Waals surface area (Å²) in [6.45, 7) is 5.02. The molecule has 1 aromatic heterocycles. The van der Waals surface area contributed by atoms with Gasteiger partial charge in [0.15, 0.2) is 0 Å². The van der Waals surface area contributed by atoms with Crippen LogP contribution in [0, 0.1) is 6.92 Å². The van der Waals surface area contributed by atoms with Crippen molar-refractivity contribution in [1.82, 2.24) is 4.98 Å². The van der Waals surface area contributed by atoms with Gasteiger partial charge in [-0.1, -0.05) is 6.07 Å². The number of hydrogen-bond acceptors (Lipinski definition) is 3. The fraction of sp³-hybridized carbons (Fsp3) is 0.400. The molecule has 0 spiro atoms. The van der Waals surface area contributed by atoms with Crippen LogP contribution < -0.4 is 10.6 Å². The standard InChI is InChI=1S/C15H19N3/c1-11-8-15(18-6-2-3-7-18)17-14-5-4-12(10-16)9-13(11)14/h4-5,8-9H,2-3,6-7,10,16H2,1H3. The van der Waals surface area contributed by atoms with Gasteiger partial charge in [-0.15, -0.1) is 0 Å². The summed E-state index contributed by atoms with van der Waals surface area (Å²) in [6.07, 6.45) is 2.57. The number of fused-ring (bicyclic) bond motifs is 1. The largest absolute Gasteiger partial charge is 0.357 e. The summed E-state index contributed by atoms with van der Waals surface area (Å²) < 4.78 is 0. The van der Waals surface area contributed by atoms with Gasteiger partial charge in [0.2, 0.25) is 0 Å². The molecule has 1 aromatic carbocycles. The number of hydrogen-bond donors (Lipinski definition) is 1. The van der Waals surface area contributed by atoms with Crippen LogP contribution in [-0.4, -0.2) is 18.1 Å². The molecule has 94 valence electrons. The van der Waals surface area contributed by atoms with Crippen molar-refractivity contribution < 1.29 is 0 Å². The Hall–Kier alpha value is -1.61. The third kappa shape index (κ3) is 1.95. The van der Waals surface area contributed by atoms with E-state index in [9.17, 15) is 0 Å². The lowest BCUT2D eigenvalue weighted by molar-refractivity contribution is 0.942. The molecule has 1 aliphatic heterocycles. The second-order valence-corrected chi connectivity index (χ2v) is 5.05. The van der Waals surface area contributed by atoms with E-state index in [2.05, 4.69) is 36.1 Å². The van der Waals surface area contributed by atoms with Crippen molar-refractivity contribution in [3.63, 3.8) is 0 Å². The Labute approximate surface area is 108 Å². The highest BCUT2D eigenvalue weighted by Crippen LogP contribution is 2.25. The highest BCUT2D eigenvalue weighted by molar-refractivity contribution is 5.84. The smallest absolute Gasteiger partial charge is 0.129 e. The number of nitrogens with two attached hydrogens (primary N) is 1. The number of anilines is 1. The molecule has 0 unspecified atom stereocenters. The van der Waals surface area contributed by atoms with Crippen molar-refractivity contribution >= 4 is 16.7 Å². The van der Waals surface area contributed by atoms with Gasteiger partial charge >= 0.3 is 0 Å². The molecule has 0 bridgehead atoms. The minimum atomic E-state index is 0.587. The topological polar surface area (TPSA) is 42.2 Å². The van der Waals surface area contributed by atoms with Crippen molar-refractivity contribution in [3.05, 3.63) is 35.4 Å². The first kappa shape index (κ1) is 11.5. The molecule has 0 saturated carbocycles. The Kier molecular flexibility index (Phi) is 2.92. The third-order valence-electron chi connectivity index (χ3n) is 3.73. The molecule has 1 saturated heterocycles. The minimum absolute atomic E-state index is 0.587. The number of nitrogens with zero attached hydrogens (tertiary/aromatic N) is 2. The summed E-state index contributed by atoms with van der Waals surface area (Å²) >= 11 is 0. The molecule has 0 aliphatic carbocycles. The molecule has 3 rings (SSSR count). The summed E-state index contributed by atoms with van der Waals surface area (Å²) in [5, 5.41) is 1.22. The van der Waals surface area contributed by atoms with E-state index >= 15 is 0 Å². The maximum atomic E-state index is 5.69. The van der Waals surface area contributed by atoms with E-state index in [1.807, 2.05) is 0 Å². The van der Waals surface area contributed by atoms with Gasteiger partial charge in [-0.2, -0.15) is 0 Å². The predicted octanol–water partition coefficient (Wildman–Crippen LogP) is 2.60. The molecular formula is C15H19N3. The number of pyridine rings is 1. The van der Waals surface area contributed by atoms with Crippen LogP contribution in [0.1, 0.15) is 24.0 Å². The van der Waals surface area contributed by atoms with E-state index in [-0.39, 0.29) is 0 Å². The zero-order valence-electron chi connectivity index (χ0n) is 10.8. The van der Waals surface area contributed by atoms with E-state index in [0.717, 1.165) is 24.4 Å². The molecule has 2 heterocycles. The summed E-state index contributed by atoms with van der Waals surface area (Å²) in [5.41, 5.74) is 9.23. The van der Waals surface area contributed by atoms with E-state index in [0.29, 0.717) is 6.54 Å². The first-order valence-electron chi connectivity index (χ1n) is 6.63. The van der Waals surface area contributed by atoms with Gasteiger partial charge in [-0.3, -0.25) is 0 Å². The van der Waals surface area contributed by atoms with Gasteiger partial charge in [0.25, 0.3) is 0 Å². The highest BCUT2D eigenvalue weighted by Gasteiger charge is 2.14. The van der Waals surface area contributed by atoms with Gasteiger partial charge in [-0.05, 0) is 49.1 Å². The van der Waals surface area contributed by atoms with Crippen molar-refractivity contribution in [2.24, 2.45) is 5.73 Å². The zero-order valence-corrected chi connectivity index (χ0v) is 10.8. The summed E-state index contributed by atoms with van der Waals surface area (Å²) in [6, 6.07) is 8.52. The molecule has 0 amide bonds. The summed E-state index contributed by atoms with van der Waals surface area (Å²) in [5.74, 6) is 1.12. The predicted molar refractivity (Wildman–Crippen MR) is 75.8 cm³/mol. The normalized spacial score (nSPS) is 15.6. The number of aryl methyl sites for hydroxylation is 1. The van der Waals surface area contributed by atoms with Gasteiger partial charge < -0.3 is 10.6 Å². The number of rotatable bonds is 2. The van der Waals surface area contributed by atoms with Crippen molar-refractivity contribution in [1.29, 1.82) is 0 Å². The lowest BCUT2D eigenvalue weighted by Gasteiger charge is -2.18. The van der Waals surface area contributed by atoms with Crippen LogP contribution in [0.5, 0.6) is 0 Å². The van der Waals surface area contributed by atoms with Crippen molar-refractivity contribution in [2.75, 3.05) is 18.0 Å². The van der Waals surface area contributed by atoms with E-state index in [1.165, 1.54) is 29.4 Å². The Morgan fingerprint density at radius 3 is 2.72 bits per heavy atom. The quantitative estimate of drug-likeness (QED) is 0.878. The molecule has 18 heavy (non-hydrogen) atoms.